The van der Waals surface area contributed by atoms with E-state index in [-0.39, 0.29) is 31.1 Å². The summed E-state index contributed by atoms with van der Waals surface area (Å²) in [5.41, 5.74) is 0.930. The summed E-state index contributed by atoms with van der Waals surface area (Å²) in [6.45, 7) is 4.83. The van der Waals surface area contributed by atoms with Gasteiger partial charge in [-0.1, -0.05) is 12.1 Å². The summed E-state index contributed by atoms with van der Waals surface area (Å²) in [5.74, 6) is 0.586. The number of fused-ring (bicyclic) bond motifs is 1. The number of ether oxygens (including phenoxy) is 1. The van der Waals surface area contributed by atoms with Crippen molar-refractivity contribution in [2.45, 2.75) is 44.4 Å². The molecule has 2 aromatic heterocycles. The van der Waals surface area contributed by atoms with Crippen LogP contribution in [0, 0.1) is 6.92 Å². The number of benzene rings is 1. The second-order valence-electron chi connectivity index (χ2n) is 9.13. The molecule has 6 nitrogen and oxygen atoms in total. The van der Waals surface area contributed by atoms with Crippen molar-refractivity contribution in [2.24, 2.45) is 7.05 Å². The van der Waals surface area contributed by atoms with Crippen LogP contribution in [0.5, 0.6) is 0 Å². The molecule has 1 aromatic carbocycles. The number of halogens is 1. The van der Waals surface area contributed by atoms with Crippen molar-refractivity contribution < 1.29 is 13.9 Å². The van der Waals surface area contributed by atoms with Crippen LogP contribution in [0.25, 0.3) is 22.0 Å². The van der Waals surface area contributed by atoms with Crippen LogP contribution in [0.2, 0.25) is 0 Å². The van der Waals surface area contributed by atoms with E-state index in [1.54, 1.807) is 6.20 Å². The molecular formula is C25H29FN4O2. The molecule has 3 aromatic rings. The fourth-order valence-electron chi connectivity index (χ4n) is 4.62. The molecule has 2 fully saturated rings. The average molecular weight is 437 g/mol. The van der Waals surface area contributed by atoms with Crippen LogP contribution in [0.15, 0.2) is 36.7 Å². The van der Waals surface area contributed by atoms with Crippen molar-refractivity contribution >= 4 is 16.6 Å². The van der Waals surface area contributed by atoms with E-state index in [0.717, 1.165) is 47.4 Å². The molecule has 4 heterocycles. The summed E-state index contributed by atoms with van der Waals surface area (Å²) < 4.78 is 23.0. The molecule has 0 amide bonds. The lowest BCUT2D eigenvalue weighted by atomic mass is 9.86. The van der Waals surface area contributed by atoms with E-state index in [9.17, 15) is 4.79 Å². The second-order valence-corrected chi connectivity index (χ2v) is 9.13. The fourth-order valence-corrected chi connectivity index (χ4v) is 4.62. The Labute approximate surface area is 187 Å². The number of piperidine rings is 1. The molecule has 7 heteroatoms. The number of aromatic nitrogens is 3. The minimum absolute atomic E-state index is 0.0211. The van der Waals surface area contributed by atoms with Gasteiger partial charge in [-0.2, -0.15) is 0 Å². The van der Waals surface area contributed by atoms with Gasteiger partial charge in [0, 0.05) is 69.0 Å². The number of nitrogens with zero attached hydrogens (tertiary/aromatic N) is 4. The van der Waals surface area contributed by atoms with Gasteiger partial charge < -0.3 is 14.2 Å². The number of rotatable bonds is 6. The molecular weight excluding hydrogens is 407 g/mol. The van der Waals surface area contributed by atoms with Gasteiger partial charge in [-0.3, -0.25) is 9.78 Å². The summed E-state index contributed by atoms with van der Waals surface area (Å²) in [6, 6.07) is 8.05. The molecule has 32 heavy (non-hydrogen) atoms. The van der Waals surface area contributed by atoms with Crippen LogP contribution in [0.1, 0.15) is 30.8 Å². The molecule has 2 aliphatic heterocycles. The van der Waals surface area contributed by atoms with E-state index < -0.39 is 5.67 Å². The molecule has 5 rings (SSSR count). The highest BCUT2D eigenvalue weighted by Crippen LogP contribution is 2.30. The standard InChI is InChI=1S/C25H29FN4O2/c1-17-27-15-23(29(17)2)18-3-4-19-14-28-21(12-20(19)11-18)13-24(31)25(26)6-8-30(9-7-25)16-22-5-10-32-22/h3-4,11-12,14-15,22H,5-10,13,16H2,1-2H3. The Bertz CT molecular complexity index is 1150. The van der Waals surface area contributed by atoms with Crippen LogP contribution >= 0.6 is 0 Å². The third-order valence-electron chi connectivity index (χ3n) is 7.04. The Morgan fingerprint density at radius 1 is 1.19 bits per heavy atom. The van der Waals surface area contributed by atoms with Crippen LogP contribution in [0.4, 0.5) is 4.39 Å². The summed E-state index contributed by atoms with van der Waals surface area (Å²) >= 11 is 0. The molecule has 0 bridgehead atoms. The lowest BCUT2D eigenvalue weighted by molar-refractivity contribution is -0.134. The molecule has 0 aliphatic carbocycles. The number of imidazole rings is 1. The Kier molecular flexibility index (Phi) is 5.55. The van der Waals surface area contributed by atoms with Crippen molar-refractivity contribution in [2.75, 3.05) is 26.2 Å². The highest BCUT2D eigenvalue weighted by Gasteiger charge is 2.41. The van der Waals surface area contributed by atoms with Gasteiger partial charge >= 0.3 is 0 Å². The maximum Gasteiger partial charge on any atom is 0.175 e. The van der Waals surface area contributed by atoms with E-state index in [2.05, 4.69) is 20.9 Å². The average Bonchev–Trinajstić information content (AvgIpc) is 3.10. The molecule has 2 saturated heterocycles. The van der Waals surface area contributed by atoms with Gasteiger partial charge in [-0.05, 0) is 30.9 Å². The molecule has 2 aliphatic rings. The lowest BCUT2D eigenvalue weighted by Gasteiger charge is -2.38. The summed E-state index contributed by atoms with van der Waals surface area (Å²) in [7, 11) is 1.99. The van der Waals surface area contributed by atoms with Crippen molar-refractivity contribution in [3.05, 3.63) is 48.2 Å². The van der Waals surface area contributed by atoms with Crippen LogP contribution in [-0.4, -0.2) is 63.2 Å². The highest BCUT2D eigenvalue weighted by molar-refractivity contribution is 5.91. The third-order valence-corrected chi connectivity index (χ3v) is 7.04. The largest absolute Gasteiger partial charge is 0.377 e. The fraction of sp³-hybridized carbons (Fsp3) is 0.480. The smallest absolute Gasteiger partial charge is 0.175 e. The van der Waals surface area contributed by atoms with Crippen molar-refractivity contribution in [3.63, 3.8) is 0 Å². The number of ketones is 1. The van der Waals surface area contributed by atoms with Gasteiger partial charge in [0.05, 0.1) is 24.4 Å². The predicted octanol–water partition coefficient (Wildman–Crippen LogP) is 3.65. The normalized spacial score (nSPS) is 20.9. The number of pyridine rings is 1. The van der Waals surface area contributed by atoms with Gasteiger partial charge in [-0.25, -0.2) is 9.37 Å². The van der Waals surface area contributed by atoms with E-state index in [0.29, 0.717) is 18.8 Å². The second kappa shape index (κ2) is 8.37. The zero-order valence-electron chi connectivity index (χ0n) is 18.7. The molecule has 1 unspecified atom stereocenters. The van der Waals surface area contributed by atoms with Gasteiger partial charge in [0.1, 0.15) is 5.82 Å². The van der Waals surface area contributed by atoms with Crippen molar-refractivity contribution in [3.8, 4) is 11.3 Å². The third kappa shape index (κ3) is 4.07. The van der Waals surface area contributed by atoms with Gasteiger partial charge in [0.25, 0.3) is 0 Å². The Morgan fingerprint density at radius 2 is 1.97 bits per heavy atom. The monoisotopic (exact) mass is 436 g/mol. The molecule has 0 N–H and O–H groups in total. The number of hydrogen-bond donors (Lipinski definition) is 0. The van der Waals surface area contributed by atoms with Gasteiger partial charge in [-0.15, -0.1) is 0 Å². The summed E-state index contributed by atoms with van der Waals surface area (Å²) in [6.07, 6.45) is 5.49. The Morgan fingerprint density at radius 3 is 2.62 bits per heavy atom. The number of carbonyl (C=O) groups is 1. The first-order valence-electron chi connectivity index (χ1n) is 11.3. The number of alkyl halides is 1. The quantitative estimate of drug-likeness (QED) is 0.590. The molecule has 0 radical (unpaired) electrons. The predicted molar refractivity (Wildman–Crippen MR) is 121 cm³/mol. The number of likely N-dealkylation sites (tertiary alicyclic amines) is 1. The Hall–Kier alpha value is -2.64. The maximum atomic E-state index is 15.5. The van der Waals surface area contributed by atoms with Gasteiger partial charge in [0.15, 0.2) is 11.5 Å². The molecule has 0 saturated carbocycles. The highest BCUT2D eigenvalue weighted by atomic mass is 19.1. The number of Topliss-reactive ketones (excluding diaryl/α,β-unsaturated/α-hetero) is 1. The lowest BCUT2D eigenvalue weighted by Crippen LogP contribution is -2.50. The first-order chi connectivity index (χ1) is 15.4. The van der Waals surface area contributed by atoms with Crippen molar-refractivity contribution in [1.82, 2.24) is 19.4 Å². The maximum absolute atomic E-state index is 15.5. The number of carbonyl (C=O) groups excluding carboxylic acids is 1. The van der Waals surface area contributed by atoms with Crippen LogP contribution in [-0.2, 0) is 23.0 Å². The van der Waals surface area contributed by atoms with E-state index in [4.69, 9.17) is 4.74 Å². The topological polar surface area (TPSA) is 60.3 Å². The summed E-state index contributed by atoms with van der Waals surface area (Å²) in [4.78, 5) is 23.9. The molecule has 1 atom stereocenters. The Balaban J connectivity index is 1.29. The van der Waals surface area contributed by atoms with Gasteiger partial charge in [0.2, 0.25) is 0 Å². The summed E-state index contributed by atoms with van der Waals surface area (Å²) in [5, 5.41) is 1.98. The van der Waals surface area contributed by atoms with E-state index in [1.165, 1.54) is 0 Å². The SMILES string of the molecule is Cc1ncc(-c2ccc3cnc(CC(=O)C4(F)CCN(CC5CCO5)CC4)cc3c2)n1C. The first-order valence-corrected chi connectivity index (χ1v) is 11.3. The van der Waals surface area contributed by atoms with Crippen LogP contribution < -0.4 is 0 Å². The first kappa shape index (κ1) is 21.2. The minimum atomic E-state index is -1.76. The molecule has 168 valence electrons. The zero-order chi connectivity index (χ0) is 22.3. The zero-order valence-corrected chi connectivity index (χ0v) is 18.7. The van der Waals surface area contributed by atoms with Crippen LogP contribution in [0.3, 0.4) is 0 Å². The van der Waals surface area contributed by atoms with E-state index in [1.807, 2.05) is 42.9 Å². The van der Waals surface area contributed by atoms with E-state index >= 15 is 4.39 Å². The van der Waals surface area contributed by atoms with Crippen molar-refractivity contribution in [1.29, 1.82) is 0 Å². The number of aryl methyl sites for hydroxylation is 1. The minimum Gasteiger partial charge on any atom is -0.377 e. The number of hydrogen-bond acceptors (Lipinski definition) is 5. The molecule has 0 spiro atoms.